The molecule has 0 heterocycles. The number of phenolic OH excluding ortho intramolecular Hbond substituents is 1. The van der Waals surface area contributed by atoms with Gasteiger partial charge in [-0.05, 0) is 36.0 Å². The molecule has 0 spiro atoms. The molecule has 0 aliphatic rings. The predicted octanol–water partition coefficient (Wildman–Crippen LogP) is 0.0823. The maximum atomic E-state index is 11.2. The molecular weight excluding hydrogens is 254 g/mol. The Bertz CT molecular complexity index is 514. The molecule has 18 heavy (non-hydrogen) atoms. The Kier molecular flexibility index (Phi) is 4.82. The van der Waals surface area contributed by atoms with Gasteiger partial charge in [0.2, 0.25) is 0 Å². The second-order valence-corrected chi connectivity index (χ2v) is 3.69. The van der Waals surface area contributed by atoms with Crippen LogP contribution in [0.4, 0.5) is 0 Å². The molecule has 94 valence electrons. The number of hydrogen-bond donors (Lipinski definition) is 4. The number of benzene rings is 1. The third-order valence-corrected chi connectivity index (χ3v) is 2.02. The first-order valence-corrected chi connectivity index (χ1v) is 5.25. The van der Waals surface area contributed by atoms with Gasteiger partial charge in [-0.15, -0.1) is 0 Å². The minimum atomic E-state index is -0.455. The normalized spacial score (nSPS) is 10.0. The Morgan fingerprint density at radius 1 is 1.39 bits per heavy atom. The summed E-state index contributed by atoms with van der Waals surface area (Å²) in [7, 11) is 0. The van der Waals surface area contributed by atoms with Crippen LogP contribution in [0.15, 0.2) is 24.3 Å². The summed E-state index contributed by atoms with van der Waals surface area (Å²) < 4.78 is 0. The highest BCUT2D eigenvalue weighted by Crippen LogP contribution is 2.17. The number of carbonyl (C=O) groups is 2. The molecule has 0 atom stereocenters. The molecule has 0 radical (unpaired) electrons. The second-order valence-electron chi connectivity index (χ2n) is 3.25. The molecular formula is C11H11N3O3S. The molecule has 0 fully saturated rings. The standard InChI is InChI=1S/C11H11N3O3S/c12-11(18)14-13-10(17)4-2-7-1-3-9(16)8(5-7)6-15/h1-6,16H,(H,13,17)(H3,12,14,18). The molecule has 0 aliphatic heterocycles. The lowest BCUT2D eigenvalue weighted by atomic mass is 10.1. The molecule has 0 bridgehead atoms. The van der Waals surface area contributed by atoms with Crippen LogP contribution < -0.4 is 16.6 Å². The Morgan fingerprint density at radius 2 is 2.11 bits per heavy atom. The zero-order valence-electron chi connectivity index (χ0n) is 9.21. The number of thiocarbonyl (C=S) groups is 1. The predicted molar refractivity (Wildman–Crippen MR) is 70.6 cm³/mol. The fraction of sp³-hybridized carbons (Fsp3) is 0. The van der Waals surface area contributed by atoms with E-state index < -0.39 is 5.91 Å². The summed E-state index contributed by atoms with van der Waals surface area (Å²) in [6, 6.07) is 4.38. The summed E-state index contributed by atoms with van der Waals surface area (Å²) >= 11 is 4.50. The number of nitrogens with one attached hydrogen (secondary N) is 2. The topological polar surface area (TPSA) is 104 Å². The van der Waals surface area contributed by atoms with Crippen molar-refractivity contribution in [3.05, 3.63) is 35.4 Å². The molecule has 1 rings (SSSR count). The average Bonchev–Trinajstić information content (AvgIpc) is 2.35. The number of hydrazine groups is 1. The maximum Gasteiger partial charge on any atom is 0.262 e. The van der Waals surface area contributed by atoms with Crippen LogP contribution in [-0.2, 0) is 4.79 Å². The quantitative estimate of drug-likeness (QED) is 0.267. The van der Waals surface area contributed by atoms with Gasteiger partial charge in [0.25, 0.3) is 5.91 Å². The van der Waals surface area contributed by atoms with E-state index in [4.69, 9.17) is 5.73 Å². The fourth-order valence-electron chi connectivity index (χ4n) is 1.11. The smallest absolute Gasteiger partial charge is 0.262 e. The summed E-state index contributed by atoms with van der Waals surface area (Å²) in [6.45, 7) is 0. The van der Waals surface area contributed by atoms with Gasteiger partial charge in [0.05, 0.1) is 5.56 Å². The molecule has 6 nitrogen and oxygen atoms in total. The minimum absolute atomic E-state index is 0.0513. The SMILES string of the molecule is NC(=S)NNC(=O)C=Cc1ccc(O)c(C=O)c1. The first-order valence-electron chi connectivity index (χ1n) is 4.84. The highest BCUT2D eigenvalue weighted by Gasteiger charge is 2.00. The molecule has 7 heteroatoms. The average molecular weight is 265 g/mol. The van der Waals surface area contributed by atoms with E-state index in [1.54, 1.807) is 6.07 Å². The fourth-order valence-corrected chi connectivity index (χ4v) is 1.16. The van der Waals surface area contributed by atoms with Crippen molar-refractivity contribution in [2.45, 2.75) is 0 Å². The zero-order chi connectivity index (χ0) is 13.5. The van der Waals surface area contributed by atoms with Crippen LogP contribution in [-0.4, -0.2) is 22.4 Å². The zero-order valence-corrected chi connectivity index (χ0v) is 10.0. The number of amides is 1. The van der Waals surface area contributed by atoms with Gasteiger partial charge in [0.1, 0.15) is 5.75 Å². The third-order valence-electron chi connectivity index (χ3n) is 1.91. The van der Waals surface area contributed by atoms with Crippen LogP contribution in [0.25, 0.3) is 6.08 Å². The number of nitrogens with two attached hydrogens (primary N) is 1. The first-order chi connectivity index (χ1) is 8.52. The van der Waals surface area contributed by atoms with Crippen LogP contribution in [0.5, 0.6) is 5.75 Å². The molecule has 0 saturated carbocycles. The van der Waals surface area contributed by atoms with Crippen LogP contribution in [0.1, 0.15) is 15.9 Å². The number of hydrogen-bond acceptors (Lipinski definition) is 4. The first kappa shape index (κ1) is 13.7. The number of aldehydes is 1. The Hall–Kier alpha value is -2.41. The van der Waals surface area contributed by atoms with Crippen LogP contribution in [0, 0.1) is 0 Å². The number of phenols is 1. The second kappa shape index (κ2) is 6.36. The Labute approximate surface area is 108 Å². The van der Waals surface area contributed by atoms with E-state index in [2.05, 4.69) is 23.1 Å². The van der Waals surface area contributed by atoms with Crippen molar-refractivity contribution in [2.24, 2.45) is 5.73 Å². The molecule has 5 N–H and O–H groups in total. The van der Waals surface area contributed by atoms with Gasteiger partial charge < -0.3 is 10.8 Å². The van der Waals surface area contributed by atoms with Gasteiger partial charge in [-0.1, -0.05) is 6.07 Å². The number of aromatic hydroxyl groups is 1. The molecule has 0 aromatic heterocycles. The summed E-state index contributed by atoms with van der Waals surface area (Å²) in [5.74, 6) is -0.565. The van der Waals surface area contributed by atoms with Crippen molar-refractivity contribution in [2.75, 3.05) is 0 Å². The van der Waals surface area contributed by atoms with E-state index >= 15 is 0 Å². The van der Waals surface area contributed by atoms with E-state index in [0.717, 1.165) is 0 Å². The van der Waals surface area contributed by atoms with Crippen molar-refractivity contribution in [1.82, 2.24) is 10.9 Å². The number of carbonyl (C=O) groups excluding carboxylic acids is 2. The van der Waals surface area contributed by atoms with Crippen molar-refractivity contribution >= 4 is 35.6 Å². The van der Waals surface area contributed by atoms with Crippen molar-refractivity contribution in [3.63, 3.8) is 0 Å². The monoisotopic (exact) mass is 265 g/mol. The van der Waals surface area contributed by atoms with Gasteiger partial charge in [0.15, 0.2) is 11.4 Å². The maximum absolute atomic E-state index is 11.2. The highest BCUT2D eigenvalue weighted by molar-refractivity contribution is 7.80. The highest BCUT2D eigenvalue weighted by atomic mass is 32.1. The third kappa shape index (κ3) is 4.22. The van der Waals surface area contributed by atoms with E-state index in [9.17, 15) is 14.7 Å². The Morgan fingerprint density at radius 3 is 2.72 bits per heavy atom. The molecule has 1 amide bonds. The summed E-state index contributed by atoms with van der Waals surface area (Å²) in [6.07, 6.45) is 3.23. The lowest BCUT2D eigenvalue weighted by Gasteiger charge is -2.02. The van der Waals surface area contributed by atoms with Gasteiger partial charge in [-0.25, -0.2) is 0 Å². The lowest BCUT2D eigenvalue weighted by Crippen LogP contribution is -2.43. The van der Waals surface area contributed by atoms with Gasteiger partial charge in [0, 0.05) is 6.08 Å². The van der Waals surface area contributed by atoms with E-state index in [0.29, 0.717) is 11.8 Å². The number of rotatable bonds is 3. The minimum Gasteiger partial charge on any atom is -0.507 e. The molecule has 0 unspecified atom stereocenters. The van der Waals surface area contributed by atoms with Crippen molar-refractivity contribution in [3.8, 4) is 5.75 Å². The van der Waals surface area contributed by atoms with E-state index in [1.807, 2.05) is 0 Å². The summed E-state index contributed by atoms with van der Waals surface area (Å²) in [4.78, 5) is 21.8. The van der Waals surface area contributed by atoms with Gasteiger partial charge in [-0.3, -0.25) is 20.4 Å². The Balaban J connectivity index is 2.69. The van der Waals surface area contributed by atoms with Gasteiger partial charge >= 0.3 is 0 Å². The van der Waals surface area contributed by atoms with Crippen LogP contribution in [0.3, 0.4) is 0 Å². The van der Waals surface area contributed by atoms with Crippen LogP contribution in [0.2, 0.25) is 0 Å². The van der Waals surface area contributed by atoms with E-state index in [1.165, 1.54) is 24.3 Å². The largest absolute Gasteiger partial charge is 0.507 e. The van der Waals surface area contributed by atoms with Crippen molar-refractivity contribution < 1.29 is 14.7 Å². The molecule has 1 aromatic rings. The van der Waals surface area contributed by atoms with Crippen LogP contribution >= 0.6 is 12.2 Å². The molecule has 0 aliphatic carbocycles. The summed E-state index contributed by atoms with van der Waals surface area (Å²) in [5, 5.41) is 9.23. The van der Waals surface area contributed by atoms with Crippen molar-refractivity contribution in [1.29, 1.82) is 0 Å². The van der Waals surface area contributed by atoms with E-state index in [-0.39, 0.29) is 16.4 Å². The van der Waals surface area contributed by atoms with Gasteiger partial charge in [-0.2, -0.15) is 0 Å². The molecule has 0 saturated heterocycles. The summed E-state index contributed by atoms with van der Waals surface area (Å²) in [5.41, 5.74) is 10.4. The lowest BCUT2D eigenvalue weighted by molar-refractivity contribution is -0.116. The molecule has 1 aromatic carbocycles.